The molecule has 0 radical (unpaired) electrons. The highest BCUT2D eigenvalue weighted by Gasteiger charge is 2.31. The van der Waals surface area contributed by atoms with Gasteiger partial charge >= 0.3 is 0 Å². The van der Waals surface area contributed by atoms with Gasteiger partial charge in [-0.15, -0.1) is 0 Å². The van der Waals surface area contributed by atoms with E-state index in [9.17, 15) is 0 Å². The molecule has 0 saturated heterocycles. The zero-order chi connectivity index (χ0) is 16.4. The van der Waals surface area contributed by atoms with Gasteiger partial charge in [0.25, 0.3) is 0 Å². The summed E-state index contributed by atoms with van der Waals surface area (Å²) < 4.78 is 0. The van der Waals surface area contributed by atoms with Crippen LogP contribution >= 0.6 is 0 Å². The molecule has 0 fully saturated rings. The Morgan fingerprint density at radius 3 is 2.38 bits per heavy atom. The van der Waals surface area contributed by atoms with Crippen molar-refractivity contribution in [3.63, 3.8) is 0 Å². The van der Waals surface area contributed by atoms with E-state index in [4.69, 9.17) is 0 Å². The quantitative estimate of drug-likeness (QED) is 0.560. The zero-order valence-electron chi connectivity index (χ0n) is 13.5. The third kappa shape index (κ3) is 2.44. The van der Waals surface area contributed by atoms with Gasteiger partial charge in [0.1, 0.15) is 0 Å². The van der Waals surface area contributed by atoms with Crippen molar-refractivity contribution in [3.05, 3.63) is 96.4 Å². The third-order valence-corrected chi connectivity index (χ3v) is 4.55. The van der Waals surface area contributed by atoms with Crippen LogP contribution in [0.4, 0.5) is 5.69 Å². The number of nitrogens with zero attached hydrogens (tertiary/aromatic N) is 1. The van der Waals surface area contributed by atoms with Crippen LogP contribution in [0.3, 0.4) is 0 Å². The molecule has 1 atom stereocenters. The average Bonchev–Trinajstić information content (AvgIpc) is 3.08. The molecular weight excluding hydrogens is 294 g/mol. The van der Waals surface area contributed by atoms with E-state index in [1.807, 2.05) is 30.6 Å². The average molecular weight is 313 g/mol. The number of hydrogen-bond acceptors (Lipinski definition) is 2. The van der Waals surface area contributed by atoms with Crippen molar-refractivity contribution in [1.29, 1.82) is 0 Å². The summed E-state index contributed by atoms with van der Waals surface area (Å²) in [7, 11) is 0. The van der Waals surface area contributed by atoms with Gasteiger partial charge in [-0.1, -0.05) is 36.4 Å². The van der Waals surface area contributed by atoms with E-state index in [1.165, 1.54) is 16.5 Å². The summed E-state index contributed by atoms with van der Waals surface area (Å²) in [6.45, 7) is 2.21. The minimum atomic E-state index is -0.371. The molecule has 2 N–H and O–H groups in total. The molecule has 2 heterocycles. The molecule has 118 valence electrons. The van der Waals surface area contributed by atoms with Crippen molar-refractivity contribution < 1.29 is 0 Å². The highest BCUT2D eigenvalue weighted by Crippen LogP contribution is 2.37. The molecule has 3 nitrogen and oxygen atoms in total. The van der Waals surface area contributed by atoms with Crippen LogP contribution < -0.4 is 5.32 Å². The van der Waals surface area contributed by atoms with E-state index < -0.39 is 0 Å². The zero-order valence-corrected chi connectivity index (χ0v) is 13.5. The van der Waals surface area contributed by atoms with E-state index >= 15 is 0 Å². The molecule has 0 bridgehead atoms. The molecule has 3 heteroatoms. The topological polar surface area (TPSA) is 40.7 Å². The molecule has 0 aliphatic rings. The summed E-state index contributed by atoms with van der Waals surface area (Å²) in [6, 6.07) is 22.8. The number of fused-ring (bicyclic) bond motifs is 1. The Morgan fingerprint density at radius 2 is 1.58 bits per heavy atom. The van der Waals surface area contributed by atoms with Crippen molar-refractivity contribution >= 4 is 16.6 Å². The summed E-state index contributed by atoms with van der Waals surface area (Å²) >= 11 is 0. The standard InChI is InChI=1S/C21H19N3/c1-21(16-11-13-22-14-12-16,24-17-7-3-2-4-8-17)19-15-23-20-10-6-5-9-18(19)20/h2-15,23-24H,1H3. The summed E-state index contributed by atoms with van der Waals surface area (Å²) in [6.07, 6.45) is 5.78. The summed E-state index contributed by atoms with van der Waals surface area (Å²) in [5, 5.41) is 4.94. The van der Waals surface area contributed by atoms with Crippen LogP contribution in [-0.4, -0.2) is 9.97 Å². The fraction of sp³-hybridized carbons (Fsp3) is 0.0952. The smallest absolute Gasteiger partial charge is 0.0872 e. The lowest BCUT2D eigenvalue weighted by atomic mass is 9.84. The highest BCUT2D eigenvalue weighted by molar-refractivity contribution is 5.85. The summed E-state index contributed by atoms with van der Waals surface area (Å²) in [5.41, 5.74) is 4.24. The first-order valence-corrected chi connectivity index (χ1v) is 8.08. The fourth-order valence-electron chi connectivity index (χ4n) is 3.28. The van der Waals surface area contributed by atoms with Gasteiger partial charge in [0.15, 0.2) is 0 Å². The molecule has 2 aromatic carbocycles. The molecule has 1 unspecified atom stereocenters. The summed E-state index contributed by atoms with van der Waals surface area (Å²) in [5.74, 6) is 0. The maximum Gasteiger partial charge on any atom is 0.0872 e. The number of hydrogen-bond donors (Lipinski definition) is 2. The SMILES string of the molecule is CC(Nc1ccccc1)(c1ccncc1)c1c[nH]c2ccccc12. The summed E-state index contributed by atoms with van der Waals surface area (Å²) in [4.78, 5) is 7.57. The monoisotopic (exact) mass is 313 g/mol. The Bertz CT molecular complexity index is 944. The van der Waals surface area contributed by atoms with E-state index in [0.29, 0.717) is 0 Å². The van der Waals surface area contributed by atoms with E-state index in [1.54, 1.807) is 0 Å². The Balaban J connectivity index is 1.90. The first kappa shape index (κ1) is 14.5. The Labute approximate surface area is 141 Å². The fourth-order valence-corrected chi connectivity index (χ4v) is 3.28. The van der Waals surface area contributed by atoms with Gasteiger partial charge in [-0.3, -0.25) is 4.98 Å². The second-order valence-corrected chi connectivity index (χ2v) is 6.10. The maximum absolute atomic E-state index is 4.17. The van der Waals surface area contributed by atoms with Gasteiger partial charge in [0.05, 0.1) is 5.54 Å². The third-order valence-electron chi connectivity index (χ3n) is 4.55. The molecule has 0 spiro atoms. The van der Waals surface area contributed by atoms with Gasteiger partial charge in [0.2, 0.25) is 0 Å². The number of para-hydroxylation sites is 2. The van der Waals surface area contributed by atoms with Crippen molar-refractivity contribution in [2.75, 3.05) is 5.32 Å². The molecule has 0 aliphatic carbocycles. The molecule has 0 amide bonds. The van der Waals surface area contributed by atoms with Gasteiger partial charge < -0.3 is 10.3 Å². The van der Waals surface area contributed by atoms with Crippen LogP contribution in [0.25, 0.3) is 10.9 Å². The van der Waals surface area contributed by atoms with Crippen molar-refractivity contribution in [2.24, 2.45) is 0 Å². The molecule has 4 aromatic rings. The second-order valence-electron chi connectivity index (χ2n) is 6.10. The minimum absolute atomic E-state index is 0.371. The molecular formula is C21H19N3. The Hall–Kier alpha value is -3.07. The number of nitrogens with one attached hydrogen (secondary N) is 2. The van der Waals surface area contributed by atoms with Crippen LogP contribution in [0.5, 0.6) is 0 Å². The largest absolute Gasteiger partial charge is 0.372 e. The van der Waals surface area contributed by atoms with Crippen LogP contribution in [0.2, 0.25) is 0 Å². The predicted molar refractivity (Wildman–Crippen MR) is 99.1 cm³/mol. The van der Waals surface area contributed by atoms with Crippen LogP contribution in [0, 0.1) is 0 Å². The van der Waals surface area contributed by atoms with Gasteiger partial charge in [0, 0.05) is 40.7 Å². The Kier molecular flexibility index (Phi) is 3.54. The minimum Gasteiger partial charge on any atom is -0.372 e. The first-order chi connectivity index (χ1) is 11.8. The number of benzene rings is 2. The van der Waals surface area contributed by atoms with Crippen LogP contribution in [0.1, 0.15) is 18.1 Å². The van der Waals surface area contributed by atoms with Gasteiger partial charge in [-0.25, -0.2) is 0 Å². The molecule has 4 rings (SSSR count). The van der Waals surface area contributed by atoms with Gasteiger partial charge in [-0.05, 0) is 42.8 Å². The van der Waals surface area contributed by atoms with E-state index in [2.05, 4.69) is 76.9 Å². The van der Waals surface area contributed by atoms with Crippen molar-refractivity contribution in [3.8, 4) is 0 Å². The van der Waals surface area contributed by atoms with Gasteiger partial charge in [-0.2, -0.15) is 0 Å². The molecule has 0 aliphatic heterocycles. The van der Waals surface area contributed by atoms with E-state index in [-0.39, 0.29) is 5.54 Å². The van der Waals surface area contributed by atoms with Crippen molar-refractivity contribution in [2.45, 2.75) is 12.5 Å². The lowest BCUT2D eigenvalue weighted by Gasteiger charge is -2.32. The van der Waals surface area contributed by atoms with E-state index in [0.717, 1.165) is 11.2 Å². The number of pyridine rings is 1. The predicted octanol–water partition coefficient (Wildman–Crippen LogP) is 4.94. The normalized spacial score (nSPS) is 13.5. The number of rotatable bonds is 4. The first-order valence-electron chi connectivity index (χ1n) is 8.08. The lowest BCUT2D eigenvalue weighted by molar-refractivity contribution is 0.665. The second kappa shape index (κ2) is 5.85. The maximum atomic E-state index is 4.17. The molecule has 0 saturated carbocycles. The number of aromatic amines is 1. The lowest BCUT2D eigenvalue weighted by Crippen LogP contribution is -2.33. The number of aromatic nitrogens is 2. The molecule has 2 aromatic heterocycles. The van der Waals surface area contributed by atoms with Crippen LogP contribution in [0.15, 0.2) is 85.3 Å². The Morgan fingerprint density at radius 1 is 0.875 bits per heavy atom. The number of anilines is 1. The number of H-pyrrole nitrogens is 1. The van der Waals surface area contributed by atoms with Crippen molar-refractivity contribution in [1.82, 2.24) is 9.97 Å². The van der Waals surface area contributed by atoms with Crippen LogP contribution in [-0.2, 0) is 5.54 Å². The highest BCUT2D eigenvalue weighted by atomic mass is 15.0. The molecule has 24 heavy (non-hydrogen) atoms.